The normalized spacial score (nSPS) is 11.5. The third-order valence-corrected chi connectivity index (χ3v) is 4.66. The minimum atomic E-state index is -4.56. The van der Waals surface area contributed by atoms with Crippen LogP contribution in [0.4, 0.5) is 13.2 Å². The molecule has 2 aromatic carbocycles. The van der Waals surface area contributed by atoms with Crippen molar-refractivity contribution in [2.24, 2.45) is 0 Å². The van der Waals surface area contributed by atoms with Gasteiger partial charge in [-0.1, -0.05) is 11.6 Å². The Kier molecular flexibility index (Phi) is 5.98. The minimum absolute atomic E-state index is 0.0965. The van der Waals surface area contributed by atoms with Crippen molar-refractivity contribution < 1.29 is 30.6 Å². The average molecular weight is 419 g/mol. The van der Waals surface area contributed by atoms with Gasteiger partial charge in [0.25, 0.3) is 5.91 Å². The maximum Gasteiger partial charge on any atom is 0.405 e. The highest BCUT2D eigenvalue weighted by molar-refractivity contribution is 7.87. The van der Waals surface area contributed by atoms with Gasteiger partial charge in [0, 0.05) is 5.56 Å². The van der Waals surface area contributed by atoms with Crippen LogP contribution >= 0.6 is 11.6 Å². The van der Waals surface area contributed by atoms with E-state index in [1.54, 1.807) is 5.32 Å². The number of carbonyl (C=O) groups excluding carboxylic acids is 1. The summed E-state index contributed by atoms with van der Waals surface area (Å²) >= 11 is 5.85. The molecule has 0 saturated heterocycles. The number of amides is 1. The standard InChI is InChI=1S/C16H10ClF3N2O4S/c17-13-7-10(8-21)1-6-14(13)26-27(24,25)12-4-2-11(3-5-12)15(23)22-9-16(18,19)20/h1-7H,9H2,(H,22,23). The zero-order valence-electron chi connectivity index (χ0n) is 13.2. The van der Waals surface area contributed by atoms with Crippen molar-refractivity contribution >= 4 is 27.6 Å². The van der Waals surface area contributed by atoms with E-state index in [9.17, 15) is 26.4 Å². The Morgan fingerprint density at radius 2 is 1.81 bits per heavy atom. The van der Waals surface area contributed by atoms with Crippen LogP contribution in [0.5, 0.6) is 5.75 Å². The molecule has 0 aliphatic carbocycles. The lowest BCUT2D eigenvalue weighted by atomic mass is 10.2. The van der Waals surface area contributed by atoms with E-state index >= 15 is 0 Å². The van der Waals surface area contributed by atoms with Gasteiger partial charge in [-0.3, -0.25) is 4.79 Å². The van der Waals surface area contributed by atoms with E-state index in [0.29, 0.717) is 0 Å². The fourth-order valence-corrected chi connectivity index (χ4v) is 3.07. The van der Waals surface area contributed by atoms with Gasteiger partial charge in [-0.05, 0) is 42.5 Å². The van der Waals surface area contributed by atoms with Crippen LogP contribution in [0.15, 0.2) is 47.4 Å². The number of nitrogens with zero attached hydrogens (tertiary/aromatic N) is 1. The second-order valence-electron chi connectivity index (χ2n) is 5.12. The summed E-state index contributed by atoms with van der Waals surface area (Å²) in [5, 5.41) is 10.3. The van der Waals surface area contributed by atoms with Crippen molar-refractivity contribution in [1.82, 2.24) is 5.32 Å². The summed E-state index contributed by atoms with van der Waals surface area (Å²) in [4.78, 5) is 11.3. The first-order valence-corrected chi connectivity index (χ1v) is 8.89. The topological polar surface area (TPSA) is 96.3 Å². The van der Waals surface area contributed by atoms with Crippen molar-refractivity contribution in [1.29, 1.82) is 5.26 Å². The van der Waals surface area contributed by atoms with Gasteiger partial charge in [-0.2, -0.15) is 26.9 Å². The maximum absolute atomic E-state index is 12.3. The van der Waals surface area contributed by atoms with Gasteiger partial charge in [0.05, 0.1) is 16.7 Å². The molecule has 11 heteroatoms. The summed E-state index contributed by atoms with van der Waals surface area (Å²) in [5.41, 5.74) is 0.0496. The molecular weight excluding hydrogens is 409 g/mol. The molecule has 2 rings (SSSR count). The quantitative estimate of drug-likeness (QED) is 0.752. The Morgan fingerprint density at radius 1 is 1.19 bits per heavy atom. The Bertz CT molecular complexity index is 1000. The second-order valence-corrected chi connectivity index (χ2v) is 7.07. The van der Waals surface area contributed by atoms with E-state index in [0.717, 1.165) is 24.3 Å². The highest BCUT2D eigenvalue weighted by Gasteiger charge is 2.28. The van der Waals surface area contributed by atoms with Crippen molar-refractivity contribution in [3.05, 3.63) is 58.6 Å². The van der Waals surface area contributed by atoms with Gasteiger partial charge < -0.3 is 9.50 Å². The smallest absolute Gasteiger partial charge is 0.377 e. The molecule has 6 nitrogen and oxygen atoms in total. The second kappa shape index (κ2) is 7.85. The molecule has 142 valence electrons. The van der Waals surface area contributed by atoms with Crippen LogP contribution < -0.4 is 9.50 Å². The van der Waals surface area contributed by atoms with Gasteiger partial charge in [-0.15, -0.1) is 0 Å². The number of carbonyl (C=O) groups is 1. The number of hydrogen-bond donors (Lipinski definition) is 1. The van der Waals surface area contributed by atoms with Gasteiger partial charge in [0.1, 0.15) is 11.4 Å². The predicted molar refractivity (Wildman–Crippen MR) is 88.8 cm³/mol. The summed E-state index contributed by atoms with van der Waals surface area (Å²) < 4.78 is 65.7. The summed E-state index contributed by atoms with van der Waals surface area (Å²) in [7, 11) is -4.31. The molecule has 0 saturated carbocycles. The van der Waals surface area contributed by atoms with E-state index in [1.807, 2.05) is 6.07 Å². The highest BCUT2D eigenvalue weighted by atomic mass is 35.5. The monoisotopic (exact) mass is 418 g/mol. The van der Waals surface area contributed by atoms with Crippen LogP contribution in [-0.2, 0) is 10.1 Å². The Morgan fingerprint density at radius 3 is 2.33 bits per heavy atom. The number of benzene rings is 2. The molecular formula is C16H10ClF3N2O4S. The minimum Gasteiger partial charge on any atom is -0.377 e. The van der Waals surface area contributed by atoms with Gasteiger partial charge in [0.2, 0.25) is 0 Å². The molecule has 0 bridgehead atoms. The molecule has 0 atom stereocenters. The number of halogens is 4. The number of rotatable bonds is 5. The van der Waals surface area contributed by atoms with Crippen molar-refractivity contribution in [2.45, 2.75) is 11.1 Å². The first-order chi connectivity index (χ1) is 12.5. The van der Waals surface area contributed by atoms with Gasteiger partial charge in [-0.25, -0.2) is 0 Å². The molecule has 0 fully saturated rings. The summed E-state index contributed by atoms with van der Waals surface area (Å²) in [6, 6.07) is 9.67. The van der Waals surface area contributed by atoms with Crippen molar-refractivity contribution in [3.8, 4) is 11.8 Å². The van der Waals surface area contributed by atoms with E-state index in [-0.39, 0.29) is 26.8 Å². The van der Waals surface area contributed by atoms with Crippen LogP contribution in [-0.4, -0.2) is 27.0 Å². The molecule has 0 aromatic heterocycles. The van der Waals surface area contributed by atoms with Crippen LogP contribution in [0.3, 0.4) is 0 Å². The molecule has 0 aliphatic rings. The highest BCUT2D eigenvalue weighted by Crippen LogP contribution is 2.28. The van der Waals surface area contributed by atoms with Crippen molar-refractivity contribution in [2.75, 3.05) is 6.54 Å². The lowest BCUT2D eigenvalue weighted by Gasteiger charge is -2.10. The molecule has 1 amide bonds. The van der Waals surface area contributed by atoms with E-state index in [2.05, 4.69) is 0 Å². The van der Waals surface area contributed by atoms with E-state index in [1.165, 1.54) is 18.2 Å². The lowest BCUT2D eigenvalue weighted by Crippen LogP contribution is -2.33. The average Bonchev–Trinajstić information content (AvgIpc) is 2.60. The zero-order chi connectivity index (χ0) is 20.2. The van der Waals surface area contributed by atoms with Crippen LogP contribution in [0.2, 0.25) is 5.02 Å². The van der Waals surface area contributed by atoms with E-state index in [4.69, 9.17) is 21.0 Å². The predicted octanol–water partition coefficient (Wildman–Crippen LogP) is 3.27. The first-order valence-electron chi connectivity index (χ1n) is 7.11. The largest absolute Gasteiger partial charge is 0.405 e. The molecule has 0 unspecified atom stereocenters. The number of nitrogens with one attached hydrogen (secondary N) is 1. The number of alkyl halides is 3. The van der Waals surface area contributed by atoms with Crippen molar-refractivity contribution in [3.63, 3.8) is 0 Å². The molecule has 0 heterocycles. The van der Waals surface area contributed by atoms with Crippen LogP contribution in [0, 0.1) is 11.3 Å². The molecule has 1 N–H and O–H groups in total. The third kappa shape index (κ3) is 5.60. The van der Waals surface area contributed by atoms with E-state index < -0.39 is 28.7 Å². The fourth-order valence-electron chi connectivity index (χ4n) is 1.86. The lowest BCUT2D eigenvalue weighted by molar-refractivity contribution is -0.123. The summed E-state index contributed by atoms with van der Waals surface area (Å²) in [6.45, 7) is -1.51. The fraction of sp³-hybridized carbons (Fsp3) is 0.125. The first kappa shape index (κ1) is 20.5. The number of hydrogen-bond acceptors (Lipinski definition) is 5. The molecule has 0 radical (unpaired) electrons. The van der Waals surface area contributed by atoms with Gasteiger partial charge >= 0.3 is 16.3 Å². The SMILES string of the molecule is N#Cc1ccc(OS(=O)(=O)c2ccc(C(=O)NCC(F)(F)F)cc2)c(Cl)c1. The Labute approximate surface area is 157 Å². The molecule has 0 spiro atoms. The molecule has 0 aliphatic heterocycles. The van der Waals surface area contributed by atoms with Gasteiger partial charge in [0.15, 0.2) is 5.75 Å². The third-order valence-electron chi connectivity index (χ3n) is 3.12. The number of nitriles is 1. The molecule has 27 heavy (non-hydrogen) atoms. The maximum atomic E-state index is 12.3. The van der Waals surface area contributed by atoms with Crippen LogP contribution in [0.25, 0.3) is 0 Å². The zero-order valence-corrected chi connectivity index (χ0v) is 14.8. The Hall–Kier alpha value is -2.77. The summed E-state index contributed by atoms with van der Waals surface area (Å²) in [5.74, 6) is -1.21. The molecule has 2 aromatic rings. The van der Waals surface area contributed by atoms with Crippen LogP contribution in [0.1, 0.15) is 15.9 Å². The summed E-state index contributed by atoms with van der Waals surface area (Å²) in [6.07, 6.45) is -4.56. The Balaban J connectivity index is 2.15.